The standard InChI is InChI=1S/C29H42ClN3O6/c1-24-9-10-25(21-27(24)30)22-29(34)31(2)28(26-7-5-4-6-8-26)23-32-11-13-33(14-12-32)38-19-17-36-15-16-37-18-20-39-35-3/h4-10,21,28H,11-20,22-23H2,1-3H3. The summed E-state index contributed by atoms with van der Waals surface area (Å²) < 4.78 is 10.9. The molecule has 0 N–H and O–H groups in total. The summed E-state index contributed by atoms with van der Waals surface area (Å²) in [4.78, 5) is 32.7. The van der Waals surface area contributed by atoms with Gasteiger partial charge in [0.15, 0.2) is 0 Å². The molecule has 0 aromatic heterocycles. The number of hydrogen-bond donors (Lipinski definition) is 0. The summed E-state index contributed by atoms with van der Waals surface area (Å²) in [5.41, 5.74) is 3.06. The van der Waals surface area contributed by atoms with E-state index in [4.69, 9.17) is 30.8 Å². The number of ether oxygens (including phenoxy) is 2. The predicted octanol–water partition coefficient (Wildman–Crippen LogP) is 3.55. The van der Waals surface area contributed by atoms with Crippen LogP contribution in [0.4, 0.5) is 0 Å². The lowest BCUT2D eigenvalue weighted by molar-refractivity contribution is -0.278. The molecule has 1 amide bonds. The molecule has 1 atom stereocenters. The first kappa shape index (κ1) is 31.4. The average molecular weight is 564 g/mol. The van der Waals surface area contributed by atoms with Crippen molar-refractivity contribution < 1.29 is 28.9 Å². The first-order valence-corrected chi connectivity index (χ1v) is 13.8. The fourth-order valence-corrected chi connectivity index (χ4v) is 4.56. The van der Waals surface area contributed by atoms with Crippen molar-refractivity contribution in [2.75, 3.05) is 86.5 Å². The highest BCUT2D eigenvalue weighted by Crippen LogP contribution is 2.24. The summed E-state index contributed by atoms with van der Waals surface area (Å²) >= 11 is 6.29. The Labute approximate surface area is 237 Å². The number of rotatable bonds is 17. The highest BCUT2D eigenvalue weighted by atomic mass is 35.5. The molecule has 1 unspecified atom stereocenters. The molecule has 9 nitrogen and oxygen atoms in total. The number of hydrogen-bond acceptors (Lipinski definition) is 8. The molecule has 1 saturated heterocycles. The maximum atomic E-state index is 13.3. The maximum absolute atomic E-state index is 13.3. The minimum atomic E-state index is -0.0521. The molecule has 1 aliphatic rings. The van der Waals surface area contributed by atoms with E-state index in [-0.39, 0.29) is 11.9 Å². The third-order valence-corrected chi connectivity index (χ3v) is 7.11. The van der Waals surface area contributed by atoms with Crippen molar-refractivity contribution in [1.82, 2.24) is 14.9 Å². The molecule has 0 spiro atoms. The van der Waals surface area contributed by atoms with E-state index in [0.29, 0.717) is 51.1 Å². The maximum Gasteiger partial charge on any atom is 0.227 e. The normalized spacial score (nSPS) is 15.4. The van der Waals surface area contributed by atoms with Gasteiger partial charge in [-0.2, -0.15) is 5.06 Å². The van der Waals surface area contributed by atoms with Crippen LogP contribution in [0.1, 0.15) is 22.7 Å². The molecule has 10 heteroatoms. The first-order valence-electron chi connectivity index (χ1n) is 13.4. The van der Waals surface area contributed by atoms with Crippen LogP contribution in [0.25, 0.3) is 0 Å². The van der Waals surface area contributed by atoms with E-state index >= 15 is 0 Å². The van der Waals surface area contributed by atoms with Crippen LogP contribution in [-0.2, 0) is 35.3 Å². The molecule has 0 radical (unpaired) electrons. The molecule has 3 rings (SSSR count). The van der Waals surface area contributed by atoms with Gasteiger partial charge in [0, 0.05) is 44.8 Å². The van der Waals surface area contributed by atoms with Crippen molar-refractivity contribution in [3.8, 4) is 0 Å². The molecular formula is C29H42ClN3O6. The summed E-state index contributed by atoms with van der Waals surface area (Å²) in [6, 6.07) is 16.0. The predicted molar refractivity (Wildman–Crippen MR) is 150 cm³/mol. The molecule has 1 aliphatic heterocycles. The summed E-state index contributed by atoms with van der Waals surface area (Å²) in [5, 5.41) is 2.68. The van der Waals surface area contributed by atoms with Crippen molar-refractivity contribution in [1.29, 1.82) is 0 Å². The van der Waals surface area contributed by atoms with Crippen LogP contribution in [0.2, 0.25) is 5.02 Å². The summed E-state index contributed by atoms with van der Waals surface area (Å²) in [5.74, 6) is 0.0689. The van der Waals surface area contributed by atoms with Gasteiger partial charge in [0.2, 0.25) is 5.91 Å². The second kappa shape index (κ2) is 17.6. The molecule has 39 heavy (non-hydrogen) atoms. The number of likely N-dealkylation sites (N-methyl/N-ethyl adjacent to an activating group) is 1. The molecule has 0 saturated carbocycles. The van der Waals surface area contributed by atoms with Crippen LogP contribution < -0.4 is 0 Å². The number of halogens is 1. The SMILES string of the molecule is COOCCOCCOCCON1CCN(CC(c2ccccc2)N(C)C(=O)Cc2ccc(C)c(Cl)c2)CC1. The third-order valence-electron chi connectivity index (χ3n) is 6.70. The van der Waals surface area contributed by atoms with E-state index < -0.39 is 0 Å². The number of benzene rings is 2. The number of aryl methyl sites for hydroxylation is 1. The minimum absolute atomic E-state index is 0.0521. The second-order valence-electron chi connectivity index (χ2n) is 9.47. The Morgan fingerprint density at radius 2 is 1.62 bits per heavy atom. The number of piperazine rings is 1. The van der Waals surface area contributed by atoms with Gasteiger partial charge in [0.1, 0.15) is 6.61 Å². The van der Waals surface area contributed by atoms with Crippen molar-refractivity contribution in [3.63, 3.8) is 0 Å². The number of hydroxylamine groups is 2. The van der Waals surface area contributed by atoms with Crippen LogP contribution in [0.5, 0.6) is 0 Å². The van der Waals surface area contributed by atoms with Gasteiger partial charge in [-0.05, 0) is 29.7 Å². The topological polar surface area (TPSA) is 72.9 Å². The lowest BCUT2D eigenvalue weighted by Gasteiger charge is -2.38. The fourth-order valence-electron chi connectivity index (χ4n) is 4.36. The van der Waals surface area contributed by atoms with Crippen molar-refractivity contribution >= 4 is 17.5 Å². The van der Waals surface area contributed by atoms with Gasteiger partial charge in [-0.15, -0.1) is 0 Å². The quantitative estimate of drug-likeness (QED) is 0.164. The van der Waals surface area contributed by atoms with Crippen LogP contribution in [0, 0.1) is 6.92 Å². The number of carbonyl (C=O) groups excluding carboxylic acids is 1. The largest absolute Gasteiger partial charge is 0.377 e. The fraction of sp³-hybridized carbons (Fsp3) is 0.552. The van der Waals surface area contributed by atoms with E-state index in [1.54, 1.807) is 0 Å². The zero-order valence-electron chi connectivity index (χ0n) is 23.4. The Bertz CT molecular complexity index is 975. The molecule has 2 aromatic rings. The van der Waals surface area contributed by atoms with Gasteiger partial charge in [-0.3, -0.25) is 14.5 Å². The van der Waals surface area contributed by atoms with Crippen LogP contribution >= 0.6 is 11.6 Å². The smallest absolute Gasteiger partial charge is 0.227 e. The zero-order valence-corrected chi connectivity index (χ0v) is 24.1. The summed E-state index contributed by atoms with van der Waals surface area (Å²) in [7, 11) is 3.37. The van der Waals surface area contributed by atoms with Crippen LogP contribution in [0.15, 0.2) is 48.5 Å². The highest BCUT2D eigenvalue weighted by Gasteiger charge is 2.26. The van der Waals surface area contributed by atoms with Gasteiger partial charge in [-0.1, -0.05) is 54.1 Å². The highest BCUT2D eigenvalue weighted by molar-refractivity contribution is 6.31. The van der Waals surface area contributed by atoms with Crippen molar-refractivity contribution in [2.45, 2.75) is 19.4 Å². The summed E-state index contributed by atoms with van der Waals surface area (Å²) in [6.07, 6.45) is 0.317. The third kappa shape index (κ3) is 11.1. The molecule has 1 fully saturated rings. The monoisotopic (exact) mass is 563 g/mol. The van der Waals surface area contributed by atoms with E-state index in [9.17, 15) is 4.79 Å². The molecule has 2 aromatic carbocycles. The minimum Gasteiger partial charge on any atom is -0.377 e. The van der Waals surface area contributed by atoms with E-state index in [1.807, 2.05) is 60.3 Å². The van der Waals surface area contributed by atoms with Crippen LogP contribution in [-0.4, -0.2) is 107 Å². The van der Waals surface area contributed by atoms with E-state index in [1.165, 1.54) is 7.11 Å². The van der Waals surface area contributed by atoms with Gasteiger partial charge >= 0.3 is 0 Å². The molecule has 0 aliphatic carbocycles. The molecule has 0 bridgehead atoms. The van der Waals surface area contributed by atoms with E-state index in [2.05, 4.69) is 21.9 Å². The van der Waals surface area contributed by atoms with Gasteiger partial charge < -0.3 is 14.4 Å². The number of amides is 1. The molecule has 1 heterocycles. The van der Waals surface area contributed by atoms with Crippen molar-refractivity contribution in [3.05, 3.63) is 70.2 Å². The molecular weight excluding hydrogens is 522 g/mol. The lowest BCUT2D eigenvalue weighted by atomic mass is 10.0. The number of carbonyl (C=O) groups is 1. The lowest BCUT2D eigenvalue weighted by Crippen LogP contribution is -2.49. The Kier molecular flexibility index (Phi) is 14.2. The van der Waals surface area contributed by atoms with Gasteiger partial charge in [0.25, 0.3) is 0 Å². The Balaban J connectivity index is 1.42. The summed E-state index contributed by atoms with van der Waals surface area (Å²) in [6.45, 7) is 8.91. The molecule has 216 valence electrons. The van der Waals surface area contributed by atoms with Gasteiger partial charge in [0.05, 0.1) is 52.6 Å². The second-order valence-corrected chi connectivity index (χ2v) is 9.87. The Morgan fingerprint density at radius 1 is 0.949 bits per heavy atom. The first-order chi connectivity index (χ1) is 19.0. The Morgan fingerprint density at radius 3 is 2.28 bits per heavy atom. The average Bonchev–Trinajstić information content (AvgIpc) is 2.95. The van der Waals surface area contributed by atoms with Crippen molar-refractivity contribution in [2.24, 2.45) is 0 Å². The van der Waals surface area contributed by atoms with Crippen LogP contribution in [0.3, 0.4) is 0 Å². The Hall–Kier alpha value is -2.08. The number of nitrogens with zero attached hydrogens (tertiary/aromatic N) is 3. The van der Waals surface area contributed by atoms with E-state index in [0.717, 1.165) is 49.4 Å². The zero-order chi connectivity index (χ0) is 27.9. The van der Waals surface area contributed by atoms with Gasteiger partial charge in [-0.25, -0.2) is 9.78 Å².